The molecule has 1 fully saturated rings. The number of hydrogen-bond donors (Lipinski definition) is 3. The summed E-state index contributed by atoms with van der Waals surface area (Å²) in [4.78, 5) is 0. The van der Waals surface area contributed by atoms with Gasteiger partial charge >= 0.3 is 12.4 Å². The summed E-state index contributed by atoms with van der Waals surface area (Å²) in [5.41, 5.74) is -3.99. The fraction of sp³-hybridized carbons (Fsp3) is 0.480. The van der Waals surface area contributed by atoms with Gasteiger partial charge in [-0.2, -0.15) is 26.3 Å². The van der Waals surface area contributed by atoms with Crippen LogP contribution in [0.2, 0.25) is 0 Å². The van der Waals surface area contributed by atoms with Crippen molar-refractivity contribution in [2.45, 2.75) is 62.7 Å². The van der Waals surface area contributed by atoms with E-state index in [9.17, 15) is 31.4 Å². The molecule has 2 aromatic carbocycles. The van der Waals surface area contributed by atoms with E-state index in [0.29, 0.717) is 25.0 Å². The van der Waals surface area contributed by atoms with Crippen molar-refractivity contribution >= 4 is 5.71 Å². The standard InChI is InChI=1S/C25H28F6N2O3/c1-16(18-12-20(24(26,27)28)14-21(13-18)25(29,30)31)36-11-10-22(19-6-4-3-5-7-19)8-9-23(34,15-32-22)17(2)33-35/h3-7,12-14,16,32,34-35H,8-11,15H2,1-2H3/b33-17+/t16?,22-,23?/m1/s1. The SMILES string of the molecule is C/C(=N\O)C1(O)CC[C@@](CCOC(C)c2cc(C(F)(F)F)cc(C(F)(F)F)c2)(c2ccccc2)NC1. The molecule has 2 aromatic rings. The van der Waals surface area contributed by atoms with E-state index in [0.717, 1.165) is 5.56 Å². The zero-order valence-corrected chi connectivity index (χ0v) is 19.7. The fourth-order valence-electron chi connectivity index (χ4n) is 4.40. The number of oxime groups is 1. The number of piperidine rings is 1. The molecule has 3 rings (SSSR count). The number of nitrogens with zero attached hydrogens (tertiary/aromatic N) is 1. The van der Waals surface area contributed by atoms with Gasteiger partial charge in [-0.15, -0.1) is 0 Å². The Morgan fingerprint density at radius 3 is 2.08 bits per heavy atom. The molecule has 3 N–H and O–H groups in total. The lowest BCUT2D eigenvalue weighted by Crippen LogP contribution is -2.59. The maximum absolute atomic E-state index is 13.2. The van der Waals surface area contributed by atoms with Crippen molar-refractivity contribution in [3.8, 4) is 0 Å². The summed E-state index contributed by atoms with van der Waals surface area (Å²) in [7, 11) is 0. The van der Waals surface area contributed by atoms with Gasteiger partial charge in [0.05, 0.1) is 22.9 Å². The van der Waals surface area contributed by atoms with Gasteiger partial charge in [-0.3, -0.25) is 0 Å². The van der Waals surface area contributed by atoms with E-state index < -0.39 is 40.7 Å². The van der Waals surface area contributed by atoms with Crippen LogP contribution < -0.4 is 5.32 Å². The van der Waals surface area contributed by atoms with Crippen LogP contribution in [0.5, 0.6) is 0 Å². The minimum absolute atomic E-state index is 0.0200. The largest absolute Gasteiger partial charge is 0.416 e. The van der Waals surface area contributed by atoms with E-state index in [1.54, 1.807) is 0 Å². The lowest BCUT2D eigenvalue weighted by atomic mass is 9.74. The first-order chi connectivity index (χ1) is 16.7. The van der Waals surface area contributed by atoms with Crippen LogP contribution in [0.25, 0.3) is 0 Å². The van der Waals surface area contributed by atoms with E-state index in [-0.39, 0.29) is 36.9 Å². The van der Waals surface area contributed by atoms with Gasteiger partial charge in [0, 0.05) is 18.7 Å². The van der Waals surface area contributed by atoms with Gasteiger partial charge in [0.15, 0.2) is 0 Å². The molecule has 2 unspecified atom stereocenters. The topological polar surface area (TPSA) is 74.1 Å². The molecule has 0 bridgehead atoms. The van der Waals surface area contributed by atoms with Crippen molar-refractivity contribution in [2.24, 2.45) is 5.16 Å². The number of hydrogen-bond acceptors (Lipinski definition) is 5. The Kier molecular flexibility index (Phi) is 8.07. The molecule has 1 saturated heterocycles. The molecular formula is C25H28F6N2O3. The van der Waals surface area contributed by atoms with E-state index in [1.165, 1.54) is 13.8 Å². The first-order valence-electron chi connectivity index (χ1n) is 11.3. The Labute approximate surface area is 204 Å². The average Bonchev–Trinajstić information content (AvgIpc) is 2.84. The quantitative estimate of drug-likeness (QED) is 0.181. The molecule has 1 aliphatic heterocycles. The maximum atomic E-state index is 13.2. The van der Waals surface area contributed by atoms with Gasteiger partial charge in [-0.25, -0.2) is 0 Å². The summed E-state index contributed by atoms with van der Waals surface area (Å²) >= 11 is 0. The number of rotatable bonds is 7. The molecule has 1 heterocycles. The van der Waals surface area contributed by atoms with Gasteiger partial charge in [-0.05, 0) is 62.4 Å². The van der Waals surface area contributed by atoms with Crippen molar-refractivity contribution < 1.29 is 41.4 Å². The van der Waals surface area contributed by atoms with E-state index in [2.05, 4.69) is 10.5 Å². The highest BCUT2D eigenvalue weighted by Gasteiger charge is 2.44. The van der Waals surface area contributed by atoms with Crippen LogP contribution in [0.4, 0.5) is 26.3 Å². The Hall–Kier alpha value is -2.63. The zero-order chi connectivity index (χ0) is 26.8. The Morgan fingerprint density at radius 2 is 1.61 bits per heavy atom. The van der Waals surface area contributed by atoms with E-state index >= 15 is 0 Å². The molecule has 0 amide bonds. The second kappa shape index (κ2) is 10.4. The Balaban J connectivity index is 1.79. The third-order valence-electron chi connectivity index (χ3n) is 6.81. The normalized spacial score (nSPS) is 24.5. The second-order valence-electron chi connectivity index (χ2n) is 9.12. The summed E-state index contributed by atoms with van der Waals surface area (Å²) in [6.07, 6.45) is -9.90. The molecule has 0 saturated carbocycles. The van der Waals surface area contributed by atoms with Crippen molar-refractivity contribution in [1.82, 2.24) is 5.32 Å². The zero-order valence-electron chi connectivity index (χ0n) is 19.7. The molecule has 5 nitrogen and oxygen atoms in total. The number of ether oxygens (including phenoxy) is 1. The number of alkyl halides is 6. The molecule has 1 aliphatic rings. The van der Waals surface area contributed by atoms with Crippen LogP contribution in [0.1, 0.15) is 61.5 Å². The third kappa shape index (κ3) is 6.19. The van der Waals surface area contributed by atoms with Gasteiger partial charge in [-0.1, -0.05) is 35.5 Å². The number of halogens is 6. The third-order valence-corrected chi connectivity index (χ3v) is 6.81. The minimum atomic E-state index is -4.94. The molecular weight excluding hydrogens is 490 g/mol. The first kappa shape index (κ1) is 27.9. The Morgan fingerprint density at radius 1 is 1.03 bits per heavy atom. The van der Waals surface area contributed by atoms with Crippen LogP contribution in [0, 0.1) is 0 Å². The van der Waals surface area contributed by atoms with Gasteiger partial charge in [0.2, 0.25) is 0 Å². The molecule has 0 aliphatic carbocycles. The number of β-amino-alcohol motifs (C(OH)–C–C–N with tert-alkyl or cyclic N) is 1. The molecule has 11 heteroatoms. The van der Waals surface area contributed by atoms with Crippen molar-refractivity contribution in [3.05, 3.63) is 70.8 Å². The number of benzene rings is 2. The average molecular weight is 518 g/mol. The highest BCUT2D eigenvalue weighted by atomic mass is 19.4. The maximum Gasteiger partial charge on any atom is 0.416 e. The molecule has 0 spiro atoms. The molecule has 0 aromatic heterocycles. The number of aliphatic hydroxyl groups is 1. The van der Waals surface area contributed by atoms with Gasteiger partial charge < -0.3 is 20.4 Å². The van der Waals surface area contributed by atoms with Crippen LogP contribution in [-0.2, 0) is 22.6 Å². The molecule has 36 heavy (non-hydrogen) atoms. The predicted octanol–water partition coefficient (Wildman–Crippen LogP) is 6.05. The van der Waals surface area contributed by atoms with Crippen LogP contribution in [0.3, 0.4) is 0 Å². The van der Waals surface area contributed by atoms with Crippen molar-refractivity contribution in [1.29, 1.82) is 0 Å². The fourth-order valence-corrected chi connectivity index (χ4v) is 4.40. The lowest BCUT2D eigenvalue weighted by molar-refractivity contribution is -0.143. The Bertz CT molecular complexity index is 1030. The summed E-state index contributed by atoms with van der Waals surface area (Å²) in [5, 5.41) is 26.3. The highest BCUT2D eigenvalue weighted by Crippen LogP contribution is 2.40. The first-order valence-corrected chi connectivity index (χ1v) is 11.3. The predicted molar refractivity (Wildman–Crippen MR) is 121 cm³/mol. The minimum Gasteiger partial charge on any atom is -0.411 e. The monoisotopic (exact) mass is 518 g/mol. The van der Waals surface area contributed by atoms with Crippen molar-refractivity contribution in [3.63, 3.8) is 0 Å². The summed E-state index contributed by atoms with van der Waals surface area (Å²) in [6.45, 7) is 3.01. The van der Waals surface area contributed by atoms with E-state index in [4.69, 9.17) is 9.94 Å². The summed E-state index contributed by atoms with van der Waals surface area (Å²) in [6, 6.07) is 10.7. The smallest absolute Gasteiger partial charge is 0.411 e. The van der Waals surface area contributed by atoms with Crippen LogP contribution >= 0.6 is 0 Å². The highest BCUT2D eigenvalue weighted by molar-refractivity contribution is 5.90. The second-order valence-corrected chi connectivity index (χ2v) is 9.12. The van der Waals surface area contributed by atoms with Crippen LogP contribution in [-0.4, -0.2) is 34.8 Å². The van der Waals surface area contributed by atoms with Gasteiger partial charge in [0.1, 0.15) is 5.60 Å². The summed E-state index contributed by atoms with van der Waals surface area (Å²) < 4.78 is 85.0. The van der Waals surface area contributed by atoms with Gasteiger partial charge in [0.25, 0.3) is 0 Å². The lowest BCUT2D eigenvalue weighted by Gasteiger charge is -2.45. The van der Waals surface area contributed by atoms with E-state index in [1.807, 2.05) is 30.3 Å². The van der Waals surface area contributed by atoms with Crippen LogP contribution in [0.15, 0.2) is 53.7 Å². The number of nitrogens with one attached hydrogen (secondary N) is 1. The van der Waals surface area contributed by atoms with Crippen molar-refractivity contribution in [2.75, 3.05) is 13.2 Å². The molecule has 3 atom stereocenters. The summed E-state index contributed by atoms with van der Waals surface area (Å²) in [5.74, 6) is 0. The molecule has 0 radical (unpaired) electrons. The molecule has 198 valence electrons.